The summed E-state index contributed by atoms with van der Waals surface area (Å²) in [5.41, 5.74) is 2.21. The minimum Gasteiger partial charge on any atom is -0.496 e. The summed E-state index contributed by atoms with van der Waals surface area (Å²) in [6, 6.07) is 15.9. The van der Waals surface area contributed by atoms with Gasteiger partial charge in [0.05, 0.1) is 45.1 Å². The van der Waals surface area contributed by atoms with E-state index in [9.17, 15) is 18.3 Å². The Morgan fingerprint density at radius 2 is 1.49 bits per heavy atom. The van der Waals surface area contributed by atoms with Gasteiger partial charge in [0.2, 0.25) is 10.3 Å². The van der Waals surface area contributed by atoms with Gasteiger partial charge < -0.3 is 29.4 Å². The molecule has 1 atom stereocenters. The first kappa shape index (κ1) is 28.8. The third-order valence-electron chi connectivity index (χ3n) is 5.09. The molecule has 196 valence electrons. The molecule has 0 saturated heterocycles. The van der Waals surface area contributed by atoms with Gasteiger partial charge in [0, 0.05) is 12.1 Å². The van der Waals surface area contributed by atoms with E-state index in [1.807, 2.05) is 0 Å². The second kappa shape index (κ2) is 14.2. The number of carboxylic acid groups (broad SMARTS) is 1. The molecule has 0 saturated carbocycles. The number of nitrogens with one attached hydrogen (secondary N) is 1. The highest BCUT2D eigenvalue weighted by Gasteiger charge is 2.21. The summed E-state index contributed by atoms with van der Waals surface area (Å²) in [4.78, 5) is 11.6. The summed E-state index contributed by atoms with van der Waals surface area (Å²) >= 11 is 0. The van der Waals surface area contributed by atoms with Gasteiger partial charge in [-0.3, -0.25) is 0 Å². The summed E-state index contributed by atoms with van der Waals surface area (Å²) in [5.74, 6) is 1.44. The fraction of sp³-hybridized carbons (Fsp3) is 0.185. The zero-order chi connectivity index (χ0) is 27.4. The second-order valence-electron chi connectivity index (χ2n) is 7.31. The van der Waals surface area contributed by atoms with Crippen molar-refractivity contribution in [2.45, 2.75) is 6.04 Å². The van der Waals surface area contributed by atoms with Crippen molar-refractivity contribution in [1.82, 2.24) is 0 Å². The highest BCUT2D eigenvalue weighted by molar-refractivity contribution is 7.71. The average Bonchev–Trinajstić information content (AvgIpc) is 2.91. The van der Waals surface area contributed by atoms with Crippen molar-refractivity contribution in [2.75, 3.05) is 33.8 Å². The van der Waals surface area contributed by atoms with Crippen LogP contribution in [-0.2, 0) is 15.1 Å². The van der Waals surface area contributed by atoms with E-state index in [1.54, 1.807) is 82.0 Å². The lowest BCUT2D eigenvalue weighted by Gasteiger charge is -2.18. The van der Waals surface area contributed by atoms with E-state index >= 15 is 0 Å². The number of anilines is 1. The molecule has 0 aliphatic rings. The van der Waals surface area contributed by atoms with Crippen molar-refractivity contribution in [1.29, 1.82) is 0 Å². The van der Waals surface area contributed by atoms with E-state index in [4.69, 9.17) is 18.9 Å². The molecule has 3 rings (SSSR count). The molecule has 0 aromatic heterocycles. The molecular weight excluding hydrogens is 498 g/mol. The van der Waals surface area contributed by atoms with Gasteiger partial charge in [0.25, 0.3) is 0 Å². The Morgan fingerprint density at radius 3 is 1.95 bits per heavy atom. The van der Waals surface area contributed by atoms with Gasteiger partial charge >= 0.3 is 5.97 Å². The Morgan fingerprint density at radius 1 is 0.892 bits per heavy atom. The van der Waals surface area contributed by atoms with Crippen molar-refractivity contribution in [3.05, 3.63) is 83.9 Å². The average molecular weight is 528 g/mol. The zero-order valence-electron chi connectivity index (χ0n) is 20.9. The molecule has 3 aromatic rings. The lowest BCUT2D eigenvalue weighted by Crippen LogP contribution is -2.20. The number of hydrogen-bond donors (Lipinski definition) is 2. The highest BCUT2D eigenvalue weighted by Crippen LogP contribution is 2.34. The van der Waals surface area contributed by atoms with Crippen LogP contribution >= 0.6 is 0 Å². The Hall–Kier alpha value is -4.44. The van der Waals surface area contributed by atoms with Crippen LogP contribution in [0.2, 0.25) is 0 Å². The van der Waals surface area contributed by atoms with Gasteiger partial charge in [-0.25, -0.2) is 4.79 Å². The maximum absolute atomic E-state index is 11.6. The Labute approximate surface area is 217 Å². The number of ether oxygens (including phenoxy) is 4. The monoisotopic (exact) mass is 527 g/mol. The summed E-state index contributed by atoms with van der Waals surface area (Å²) in [7, 11) is 3.90. The van der Waals surface area contributed by atoms with E-state index < -0.39 is 22.3 Å². The van der Waals surface area contributed by atoms with E-state index in [-0.39, 0.29) is 0 Å². The van der Waals surface area contributed by atoms with Crippen LogP contribution in [0, 0.1) is 0 Å². The number of aliphatic carboxylic acids is 1. The van der Waals surface area contributed by atoms with Gasteiger partial charge in [0.15, 0.2) is 6.04 Å². The fourth-order valence-corrected chi connectivity index (χ4v) is 3.71. The molecule has 2 N–H and O–H groups in total. The Bertz CT molecular complexity index is 1320. The lowest BCUT2D eigenvalue weighted by atomic mass is 10.1. The molecule has 0 spiro atoms. The third kappa shape index (κ3) is 8.04. The topological polar surface area (TPSA) is 120 Å². The van der Waals surface area contributed by atoms with Crippen molar-refractivity contribution in [3.63, 3.8) is 0 Å². The molecule has 0 heterocycles. The summed E-state index contributed by atoms with van der Waals surface area (Å²) < 4.78 is 42.3. The van der Waals surface area contributed by atoms with Crippen LogP contribution in [0.1, 0.15) is 22.7 Å². The van der Waals surface area contributed by atoms with Crippen LogP contribution in [0.15, 0.2) is 67.2 Å². The van der Waals surface area contributed by atoms with Crippen LogP contribution in [0.4, 0.5) is 5.69 Å². The van der Waals surface area contributed by atoms with Crippen LogP contribution in [0.25, 0.3) is 6.08 Å². The molecule has 1 unspecified atom stereocenters. The molecule has 0 amide bonds. The molecule has 9 nitrogen and oxygen atoms in total. The predicted molar refractivity (Wildman–Crippen MR) is 144 cm³/mol. The number of rotatable bonds is 10. The first-order chi connectivity index (χ1) is 17.8. The van der Waals surface area contributed by atoms with Crippen molar-refractivity contribution in [2.24, 2.45) is 0 Å². The molecule has 3 aromatic carbocycles. The van der Waals surface area contributed by atoms with Gasteiger partial charge in [-0.05, 0) is 23.3 Å². The number of carboxylic acids is 1. The number of hydrogen-bond acceptors (Lipinski definition) is 8. The van der Waals surface area contributed by atoms with Gasteiger partial charge in [0.1, 0.15) is 23.0 Å². The molecule has 0 aliphatic carbocycles. The number of carbonyl (C=O) groups is 1. The summed E-state index contributed by atoms with van der Waals surface area (Å²) in [6.07, 6.45) is 1.69. The maximum Gasteiger partial charge on any atom is 0.330 e. The fourth-order valence-electron chi connectivity index (χ4n) is 3.35. The smallest absolute Gasteiger partial charge is 0.330 e. The van der Waals surface area contributed by atoms with Crippen LogP contribution in [-0.4, -0.2) is 53.3 Å². The van der Waals surface area contributed by atoms with E-state index in [2.05, 4.69) is 11.9 Å². The van der Waals surface area contributed by atoms with Gasteiger partial charge in [-0.2, -0.15) is 8.42 Å². The third-order valence-corrected chi connectivity index (χ3v) is 5.56. The molecule has 10 heteroatoms. The Balaban J connectivity index is 0.000000294. The van der Waals surface area contributed by atoms with E-state index in [0.29, 0.717) is 39.8 Å². The van der Waals surface area contributed by atoms with Crippen LogP contribution < -0.4 is 24.3 Å². The lowest BCUT2D eigenvalue weighted by molar-refractivity contribution is -0.138. The maximum atomic E-state index is 11.6. The van der Waals surface area contributed by atoms with Gasteiger partial charge in [-0.15, -0.1) is 0 Å². The first-order valence-corrected chi connectivity index (χ1v) is 12.0. The van der Waals surface area contributed by atoms with Crippen LogP contribution in [0.3, 0.4) is 0 Å². The number of benzene rings is 3. The van der Waals surface area contributed by atoms with Crippen molar-refractivity contribution >= 4 is 33.4 Å². The quantitative estimate of drug-likeness (QED) is 0.371. The molecule has 37 heavy (non-hydrogen) atoms. The zero-order valence-corrected chi connectivity index (χ0v) is 21.7. The number of methoxy groups -OCH3 is 4. The van der Waals surface area contributed by atoms with Crippen LogP contribution in [0.5, 0.6) is 23.0 Å². The normalized spacial score (nSPS) is 10.6. The molecule has 0 fully saturated rings. The largest absolute Gasteiger partial charge is 0.496 e. The SMILES string of the molecule is C=Cc1c(OC)cc(OC)cc1OC.COc1ccc(C=S(=O)=O)cc1NC(C(=O)O)c1ccccc1. The first-order valence-electron chi connectivity index (χ1n) is 10.9. The molecule has 0 radical (unpaired) electrons. The van der Waals surface area contributed by atoms with Gasteiger partial charge in [-0.1, -0.05) is 49.1 Å². The van der Waals surface area contributed by atoms with Crippen molar-refractivity contribution < 1.29 is 37.3 Å². The Kier molecular flexibility index (Phi) is 11.1. The van der Waals surface area contributed by atoms with E-state index in [1.165, 1.54) is 13.2 Å². The molecular formula is C27H29NO8S. The minimum absolute atomic E-state index is 0.392. The second-order valence-corrected chi connectivity index (χ2v) is 8.07. The summed E-state index contributed by atoms with van der Waals surface area (Å²) in [6.45, 7) is 3.70. The molecule has 0 aliphatic heterocycles. The standard InChI is InChI=1S/C16H15NO5S.C11H14O3/c1-22-14-8-7-11(10-23(20)21)9-13(14)17-15(16(18)19)12-5-3-2-4-6-12;1-5-9-10(13-3)6-8(12-2)7-11(9)14-4/h2-10,15,17H,1H3,(H,18,19);5-7H,1H2,2-4H3. The highest BCUT2D eigenvalue weighted by atomic mass is 32.2. The summed E-state index contributed by atoms with van der Waals surface area (Å²) in [5, 5.41) is 13.4. The van der Waals surface area contributed by atoms with Crippen molar-refractivity contribution in [3.8, 4) is 23.0 Å². The minimum atomic E-state index is -2.35. The van der Waals surface area contributed by atoms with E-state index in [0.717, 1.165) is 10.9 Å². The molecule has 0 bridgehead atoms. The predicted octanol–water partition coefficient (Wildman–Crippen LogP) is 4.32.